The molecule has 17 heavy (non-hydrogen) atoms. The van der Waals surface area contributed by atoms with E-state index in [1.54, 1.807) is 11.3 Å². The standard InChI is InChI=1S/C13H22N2S2/c1-4-14-11-10(6-5-7-13(11,2)3)17-12-15-8-9-16-12/h8-11,14H,4-7H2,1-3H3. The molecular formula is C13H22N2S2. The Balaban J connectivity index is 2.07. The summed E-state index contributed by atoms with van der Waals surface area (Å²) in [5, 5.41) is 6.43. The molecule has 1 N–H and O–H groups in total. The van der Waals surface area contributed by atoms with Crippen LogP contribution in [0.4, 0.5) is 0 Å². The summed E-state index contributed by atoms with van der Waals surface area (Å²) in [4.78, 5) is 4.41. The van der Waals surface area contributed by atoms with Gasteiger partial charge in [-0.2, -0.15) is 0 Å². The van der Waals surface area contributed by atoms with Gasteiger partial charge in [0.15, 0.2) is 0 Å². The quantitative estimate of drug-likeness (QED) is 0.901. The molecule has 0 spiro atoms. The summed E-state index contributed by atoms with van der Waals surface area (Å²) < 4.78 is 1.22. The van der Waals surface area contributed by atoms with Crippen LogP contribution in [-0.2, 0) is 0 Å². The van der Waals surface area contributed by atoms with E-state index in [1.165, 1.54) is 23.6 Å². The molecule has 2 atom stereocenters. The van der Waals surface area contributed by atoms with Gasteiger partial charge in [-0.15, -0.1) is 11.3 Å². The van der Waals surface area contributed by atoms with E-state index in [2.05, 4.69) is 36.5 Å². The van der Waals surface area contributed by atoms with Crippen molar-refractivity contribution in [1.29, 1.82) is 0 Å². The van der Waals surface area contributed by atoms with Crippen LogP contribution in [0.2, 0.25) is 0 Å². The SMILES string of the molecule is CCNC1C(Sc2nccs2)CCCC1(C)C. The molecule has 96 valence electrons. The average Bonchev–Trinajstić information content (AvgIpc) is 2.75. The van der Waals surface area contributed by atoms with Crippen LogP contribution in [-0.4, -0.2) is 22.8 Å². The Morgan fingerprint density at radius 3 is 3.06 bits per heavy atom. The molecule has 1 saturated carbocycles. The number of thiazole rings is 1. The summed E-state index contributed by atoms with van der Waals surface area (Å²) in [6.45, 7) is 8.06. The Labute approximate surface area is 113 Å². The first-order valence-electron chi connectivity index (χ1n) is 6.43. The molecule has 0 saturated heterocycles. The molecule has 0 bridgehead atoms. The predicted molar refractivity (Wildman–Crippen MR) is 76.9 cm³/mol. The Hall–Kier alpha value is -0.0600. The molecule has 0 aromatic carbocycles. The van der Waals surface area contributed by atoms with Crippen LogP contribution < -0.4 is 5.32 Å². The summed E-state index contributed by atoms with van der Waals surface area (Å²) in [6, 6.07) is 0.607. The third-order valence-corrected chi connectivity index (χ3v) is 5.87. The third kappa shape index (κ3) is 3.24. The fourth-order valence-corrected chi connectivity index (χ4v) is 5.12. The monoisotopic (exact) mass is 270 g/mol. The van der Waals surface area contributed by atoms with Crippen molar-refractivity contribution in [3.63, 3.8) is 0 Å². The second-order valence-corrected chi connectivity index (χ2v) is 7.75. The lowest BCUT2D eigenvalue weighted by Gasteiger charge is -2.44. The minimum Gasteiger partial charge on any atom is -0.313 e. The highest BCUT2D eigenvalue weighted by Gasteiger charge is 2.39. The number of nitrogens with zero attached hydrogens (tertiary/aromatic N) is 1. The first kappa shape index (κ1) is 13.4. The largest absolute Gasteiger partial charge is 0.313 e. The van der Waals surface area contributed by atoms with Crippen molar-refractivity contribution in [2.24, 2.45) is 5.41 Å². The number of rotatable bonds is 4. The van der Waals surface area contributed by atoms with Crippen LogP contribution in [0, 0.1) is 5.41 Å². The van der Waals surface area contributed by atoms with E-state index in [1.807, 2.05) is 18.0 Å². The molecule has 2 rings (SSSR count). The van der Waals surface area contributed by atoms with Crippen molar-refractivity contribution in [3.05, 3.63) is 11.6 Å². The Bertz CT molecular complexity index is 335. The van der Waals surface area contributed by atoms with Crippen molar-refractivity contribution in [2.45, 2.75) is 55.7 Å². The van der Waals surface area contributed by atoms with E-state index in [4.69, 9.17) is 0 Å². The fraction of sp³-hybridized carbons (Fsp3) is 0.769. The average molecular weight is 270 g/mol. The van der Waals surface area contributed by atoms with E-state index >= 15 is 0 Å². The van der Waals surface area contributed by atoms with Crippen molar-refractivity contribution in [1.82, 2.24) is 10.3 Å². The lowest BCUT2D eigenvalue weighted by molar-refractivity contribution is 0.176. The smallest absolute Gasteiger partial charge is 0.150 e. The zero-order valence-corrected chi connectivity index (χ0v) is 12.5. The lowest BCUT2D eigenvalue weighted by Crippen LogP contribution is -2.51. The van der Waals surface area contributed by atoms with Gasteiger partial charge in [-0.05, 0) is 24.8 Å². The van der Waals surface area contributed by atoms with Crippen molar-refractivity contribution in [3.8, 4) is 0 Å². The predicted octanol–water partition coefficient (Wildman–Crippen LogP) is 3.79. The Kier molecular flexibility index (Phi) is 4.50. The van der Waals surface area contributed by atoms with Crippen molar-refractivity contribution in [2.75, 3.05) is 6.54 Å². The molecule has 0 aliphatic heterocycles. The second kappa shape index (κ2) is 5.72. The summed E-state index contributed by atoms with van der Waals surface area (Å²) in [5.74, 6) is 0. The number of nitrogens with one attached hydrogen (secondary N) is 1. The van der Waals surface area contributed by atoms with E-state index in [9.17, 15) is 0 Å². The molecule has 0 radical (unpaired) electrons. The van der Waals surface area contributed by atoms with Gasteiger partial charge in [0.25, 0.3) is 0 Å². The van der Waals surface area contributed by atoms with Crippen LogP contribution in [0.3, 0.4) is 0 Å². The van der Waals surface area contributed by atoms with Crippen LogP contribution in [0.1, 0.15) is 40.0 Å². The third-order valence-electron chi connectivity index (χ3n) is 3.61. The maximum Gasteiger partial charge on any atom is 0.150 e. The Morgan fingerprint density at radius 2 is 2.41 bits per heavy atom. The van der Waals surface area contributed by atoms with Crippen LogP contribution in [0.5, 0.6) is 0 Å². The van der Waals surface area contributed by atoms with E-state index < -0.39 is 0 Å². The molecule has 1 aliphatic carbocycles. The van der Waals surface area contributed by atoms with Gasteiger partial charge in [-0.3, -0.25) is 0 Å². The molecule has 1 heterocycles. The van der Waals surface area contributed by atoms with Crippen LogP contribution in [0.15, 0.2) is 15.9 Å². The molecule has 1 aliphatic rings. The molecule has 2 unspecified atom stereocenters. The molecule has 1 aromatic rings. The Morgan fingerprint density at radius 1 is 1.59 bits per heavy atom. The van der Waals surface area contributed by atoms with Gasteiger partial charge in [0, 0.05) is 22.9 Å². The molecular weight excluding hydrogens is 248 g/mol. The zero-order chi connectivity index (χ0) is 12.3. The zero-order valence-electron chi connectivity index (χ0n) is 10.9. The second-order valence-electron chi connectivity index (χ2n) is 5.37. The topological polar surface area (TPSA) is 24.9 Å². The lowest BCUT2D eigenvalue weighted by atomic mass is 9.73. The van der Waals surface area contributed by atoms with E-state index in [-0.39, 0.29) is 0 Å². The highest BCUT2D eigenvalue weighted by Crippen LogP contribution is 2.43. The number of hydrogen-bond acceptors (Lipinski definition) is 4. The van der Waals surface area contributed by atoms with Gasteiger partial charge < -0.3 is 5.32 Å². The van der Waals surface area contributed by atoms with E-state index in [0.717, 1.165) is 6.54 Å². The molecule has 1 fully saturated rings. The van der Waals surface area contributed by atoms with Gasteiger partial charge in [-0.1, -0.05) is 39.0 Å². The normalized spacial score (nSPS) is 28.2. The van der Waals surface area contributed by atoms with Gasteiger partial charge in [0.2, 0.25) is 0 Å². The molecule has 0 amide bonds. The number of aromatic nitrogens is 1. The van der Waals surface area contributed by atoms with E-state index in [0.29, 0.717) is 16.7 Å². The van der Waals surface area contributed by atoms with Crippen molar-refractivity contribution >= 4 is 23.1 Å². The number of thioether (sulfide) groups is 1. The first-order valence-corrected chi connectivity index (χ1v) is 8.19. The molecule has 4 heteroatoms. The van der Waals surface area contributed by atoms with Crippen LogP contribution in [0.25, 0.3) is 0 Å². The summed E-state index contributed by atoms with van der Waals surface area (Å²) in [5.41, 5.74) is 0.406. The minimum atomic E-state index is 0.406. The summed E-state index contributed by atoms with van der Waals surface area (Å²) in [7, 11) is 0. The van der Waals surface area contributed by atoms with Gasteiger partial charge >= 0.3 is 0 Å². The minimum absolute atomic E-state index is 0.406. The summed E-state index contributed by atoms with van der Waals surface area (Å²) in [6.07, 6.45) is 5.89. The maximum atomic E-state index is 4.41. The van der Waals surface area contributed by atoms with Gasteiger partial charge in [-0.25, -0.2) is 4.98 Å². The molecule has 2 nitrogen and oxygen atoms in total. The first-order chi connectivity index (χ1) is 8.13. The molecule has 1 aromatic heterocycles. The fourth-order valence-electron chi connectivity index (χ4n) is 2.74. The summed E-state index contributed by atoms with van der Waals surface area (Å²) >= 11 is 3.73. The highest BCUT2D eigenvalue weighted by atomic mass is 32.2. The number of hydrogen-bond donors (Lipinski definition) is 1. The highest BCUT2D eigenvalue weighted by molar-refractivity contribution is 8.01. The van der Waals surface area contributed by atoms with Gasteiger partial charge in [0.05, 0.1) is 0 Å². The maximum absolute atomic E-state index is 4.41. The van der Waals surface area contributed by atoms with Crippen LogP contribution >= 0.6 is 23.1 Å². The van der Waals surface area contributed by atoms with Gasteiger partial charge in [0.1, 0.15) is 4.34 Å². The van der Waals surface area contributed by atoms with Crippen molar-refractivity contribution < 1.29 is 0 Å².